The Morgan fingerprint density at radius 2 is 1.94 bits per heavy atom. The molecule has 2 N–H and O–H groups in total. The van der Waals surface area contributed by atoms with Gasteiger partial charge < -0.3 is 15.5 Å². The average molecular weight is 251 g/mol. The molecule has 1 aliphatic carbocycles. The van der Waals surface area contributed by atoms with Crippen LogP contribution in [0.3, 0.4) is 0 Å². The number of amides is 2. The molecule has 102 valence electrons. The van der Waals surface area contributed by atoms with Crippen LogP contribution in [-0.2, 0) is 0 Å². The first kappa shape index (κ1) is 12.3. The van der Waals surface area contributed by atoms with Gasteiger partial charge in [-0.3, -0.25) is 0 Å². The van der Waals surface area contributed by atoms with E-state index in [1.807, 2.05) is 0 Å². The fourth-order valence-corrected chi connectivity index (χ4v) is 4.00. The topological polar surface area (TPSA) is 44.4 Å². The van der Waals surface area contributed by atoms with Crippen molar-refractivity contribution in [1.82, 2.24) is 15.5 Å². The van der Waals surface area contributed by atoms with E-state index >= 15 is 0 Å². The molecule has 4 nitrogen and oxygen atoms in total. The Labute approximate surface area is 109 Å². The van der Waals surface area contributed by atoms with Gasteiger partial charge in [-0.1, -0.05) is 19.3 Å². The predicted molar refractivity (Wildman–Crippen MR) is 71.6 cm³/mol. The summed E-state index contributed by atoms with van der Waals surface area (Å²) < 4.78 is 0. The number of carbonyl (C=O) groups excluding carboxylic acids is 1. The van der Waals surface area contributed by atoms with Crippen molar-refractivity contribution in [3.05, 3.63) is 0 Å². The van der Waals surface area contributed by atoms with Gasteiger partial charge in [0, 0.05) is 24.7 Å². The number of nitrogens with one attached hydrogen (secondary N) is 2. The normalized spacial score (nSPS) is 32.3. The van der Waals surface area contributed by atoms with E-state index in [9.17, 15) is 4.79 Å². The number of piperidine rings is 1. The highest BCUT2D eigenvalue weighted by Crippen LogP contribution is 2.36. The van der Waals surface area contributed by atoms with Crippen LogP contribution in [0.2, 0.25) is 0 Å². The second-order valence-corrected chi connectivity index (χ2v) is 6.19. The molecule has 3 aliphatic rings. The van der Waals surface area contributed by atoms with Crippen LogP contribution < -0.4 is 10.6 Å². The van der Waals surface area contributed by atoms with Crippen LogP contribution in [0.25, 0.3) is 0 Å². The largest absolute Gasteiger partial charge is 0.338 e. The molecule has 1 spiro atoms. The molecule has 0 bridgehead atoms. The first-order valence-electron chi connectivity index (χ1n) is 7.59. The van der Waals surface area contributed by atoms with Gasteiger partial charge in [0.25, 0.3) is 0 Å². The Hall–Kier alpha value is -0.770. The minimum atomic E-state index is 0.166. The molecule has 1 saturated carbocycles. The Morgan fingerprint density at radius 1 is 1.11 bits per heavy atom. The molecule has 1 atom stereocenters. The van der Waals surface area contributed by atoms with Crippen molar-refractivity contribution >= 4 is 6.03 Å². The molecule has 0 aromatic rings. The second kappa shape index (κ2) is 5.08. The summed E-state index contributed by atoms with van der Waals surface area (Å²) in [6, 6.07) is 0.628. The van der Waals surface area contributed by atoms with Gasteiger partial charge in [0.05, 0.1) is 0 Å². The summed E-state index contributed by atoms with van der Waals surface area (Å²) in [4.78, 5) is 14.1. The zero-order valence-corrected chi connectivity index (χ0v) is 11.2. The molecule has 2 saturated heterocycles. The average Bonchev–Trinajstić information content (AvgIpc) is 2.40. The maximum atomic E-state index is 12.0. The fourth-order valence-electron chi connectivity index (χ4n) is 4.00. The van der Waals surface area contributed by atoms with Crippen molar-refractivity contribution in [2.24, 2.45) is 0 Å². The highest BCUT2D eigenvalue weighted by molar-refractivity contribution is 5.75. The Morgan fingerprint density at radius 3 is 2.72 bits per heavy atom. The summed E-state index contributed by atoms with van der Waals surface area (Å²) in [6.45, 7) is 2.88. The van der Waals surface area contributed by atoms with Gasteiger partial charge in [0.1, 0.15) is 0 Å². The van der Waals surface area contributed by atoms with Crippen LogP contribution in [0.1, 0.15) is 51.4 Å². The molecule has 2 heterocycles. The van der Waals surface area contributed by atoms with Gasteiger partial charge >= 0.3 is 6.03 Å². The van der Waals surface area contributed by atoms with E-state index in [4.69, 9.17) is 0 Å². The van der Waals surface area contributed by atoms with Crippen LogP contribution in [0.5, 0.6) is 0 Å². The van der Waals surface area contributed by atoms with Gasteiger partial charge in [0.15, 0.2) is 0 Å². The smallest absolute Gasteiger partial charge is 0.317 e. The summed E-state index contributed by atoms with van der Waals surface area (Å²) in [5.41, 5.74) is 0.346. The first-order chi connectivity index (χ1) is 8.79. The van der Waals surface area contributed by atoms with Gasteiger partial charge in [-0.25, -0.2) is 4.79 Å². The van der Waals surface area contributed by atoms with Gasteiger partial charge in [0.2, 0.25) is 0 Å². The number of urea groups is 1. The lowest BCUT2D eigenvalue weighted by Crippen LogP contribution is -2.60. The van der Waals surface area contributed by atoms with Gasteiger partial charge in [-0.05, 0) is 38.6 Å². The van der Waals surface area contributed by atoms with E-state index in [-0.39, 0.29) is 6.03 Å². The van der Waals surface area contributed by atoms with E-state index in [1.54, 1.807) is 0 Å². The Kier molecular flexibility index (Phi) is 3.46. The minimum absolute atomic E-state index is 0.166. The maximum Gasteiger partial charge on any atom is 0.317 e. The third-order valence-electron chi connectivity index (χ3n) is 4.97. The van der Waals surface area contributed by atoms with Gasteiger partial charge in [-0.15, -0.1) is 0 Å². The summed E-state index contributed by atoms with van der Waals surface area (Å²) >= 11 is 0. The molecule has 1 unspecified atom stereocenters. The van der Waals surface area contributed by atoms with Crippen molar-refractivity contribution in [2.75, 3.05) is 19.6 Å². The molecule has 4 heteroatoms. The number of nitrogens with zero attached hydrogens (tertiary/aromatic N) is 1. The second-order valence-electron chi connectivity index (χ2n) is 6.19. The molecular weight excluding hydrogens is 226 g/mol. The highest BCUT2D eigenvalue weighted by atomic mass is 16.2. The van der Waals surface area contributed by atoms with E-state index in [0.29, 0.717) is 11.6 Å². The van der Waals surface area contributed by atoms with Crippen molar-refractivity contribution in [3.8, 4) is 0 Å². The third-order valence-corrected chi connectivity index (χ3v) is 4.97. The zero-order chi connectivity index (χ0) is 12.4. The molecule has 2 aliphatic heterocycles. The van der Waals surface area contributed by atoms with Crippen molar-refractivity contribution in [3.63, 3.8) is 0 Å². The van der Waals surface area contributed by atoms with Crippen LogP contribution in [-0.4, -0.2) is 42.1 Å². The standard InChI is InChI=1S/C14H25N3O/c18-13-15-8-4-10-17(13)12-5-9-16-14(11-12)6-2-1-3-7-14/h12,16H,1-11H2,(H,15,18). The van der Waals surface area contributed by atoms with Crippen LogP contribution in [0, 0.1) is 0 Å². The SMILES string of the molecule is O=C1NCCCN1C1CCNC2(CCCCC2)C1. The van der Waals surface area contributed by atoms with E-state index in [1.165, 1.54) is 38.5 Å². The molecule has 3 rings (SSSR count). The Bertz CT molecular complexity index is 307. The van der Waals surface area contributed by atoms with Crippen LogP contribution in [0.15, 0.2) is 0 Å². The van der Waals surface area contributed by atoms with Crippen molar-refractivity contribution < 1.29 is 4.79 Å². The zero-order valence-electron chi connectivity index (χ0n) is 11.2. The van der Waals surface area contributed by atoms with Crippen molar-refractivity contribution in [1.29, 1.82) is 0 Å². The molecular formula is C14H25N3O. The van der Waals surface area contributed by atoms with Crippen LogP contribution in [0.4, 0.5) is 4.79 Å². The lowest BCUT2D eigenvalue weighted by molar-refractivity contribution is 0.0909. The Balaban J connectivity index is 1.67. The molecule has 0 radical (unpaired) electrons. The lowest BCUT2D eigenvalue weighted by atomic mass is 9.74. The monoisotopic (exact) mass is 251 g/mol. The number of carbonyl (C=O) groups is 1. The summed E-state index contributed by atoms with van der Waals surface area (Å²) in [5.74, 6) is 0. The molecule has 2 amide bonds. The van der Waals surface area contributed by atoms with E-state index in [0.717, 1.165) is 32.5 Å². The van der Waals surface area contributed by atoms with E-state index < -0.39 is 0 Å². The summed E-state index contributed by atoms with van der Waals surface area (Å²) in [6.07, 6.45) is 10.1. The molecule has 0 aromatic heterocycles. The number of hydrogen-bond donors (Lipinski definition) is 2. The lowest BCUT2D eigenvalue weighted by Gasteiger charge is -2.48. The van der Waals surface area contributed by atoms with E-state index in [2.05, 4.69) is 15.5 Å². The van der Waals surface area contributed by atoms with Crippen LogP contribution >= 0.6 is 0 Å². The number of hydrogen-bond acceptors (Lipinski definition) is 2. The minimum Gasteiger partial charge on any atom is -0.338 e. The summed E-state index contributed by atoms with van der Waals surface area (Å²) in [5, 5.41) is 6.75. The highest BCUT2D eigenvalue weighted by Gasteiger charge is 2.40. The predicted octanol–water partition coefficient (Wildman–Crippen LogP) is 1.86. The maximum absolute atomic E-state index is 12.0. The van der Waals surface area contributed by atoms with Gasteiger partial charge in [-0.2, -0.15) is 0 Å². The first-order valence-corrected chi connectivity index (χ1v) is 7.59. The van der Waals surface area contributed by atoms with Crippen molar-refractivity contribution in [2.45, 2.75) is 62.9 Å². The fraction of sp³-hybridized carbons (Fsp3) is 0.929. The third kappa shape index (κ3) is 2.35. The molecule has 3 fully saturated rings. The summed E-state index contributed by atoms with van der Waals surface area (Å²) in [7, 11) is 0. The molecule has 0 aromatic carbocycles. The number of rotatable bonds is 1. The molecule has 18 heavy (non-hydrogen) atoms. The quantitative estimate of drug-likeness (QED) is 0.747.